The first-order valence-corrected chi connectivity index (χ1v) is 13.8. The molecule has 2 bridgehead atoms. The maximum absolute atomic E-state index is 12.8. The lowest BCUT2D eigenvalue weighted by molar-refractivity contribution is -0.113. The zero-order valence-electron chi connectivity index (χ0n) is 19.0. The summed E-state index contributed by atoms with van der Waals surface area (Å²) in [5.74, 6) is 0.263. The Morgan fingerprint density at radius 2 is 2.06 bits per heavy atom. The maximum atomic E-state index is 12.8. The quantitative estimate of drug-likeness (QED) is 0.490. The standard InChI is InChI=1S/C24H27N3O4S3/c1-31-23(30)21-16-5-2-3-7-18(16)34-22(21)25-19(28)13-33-24(32)26-10-14-9-15(12-26)17-6-4-8-20(29)27(17)11-14/h4,6,8,14-15H,2-3,5,7,9-13H2,1H3,(H,25,28)/t14-,15+/m1/s1. The number of amides is 1. The Kier molecular flexibility index (Phi) is 6.81. The molecule has 0 unspecified atom stereocenters. The Bertz CT molecular complexity index is 1200. The monoisotopic (exact) mass is 517 g/mol. The van der Waals surface area contributed by atoms with Crippen molar-refractivity contribution >= 4 is 56.5 Å². The molecule has 1 N–H and O–H groups in total. The number of hydrogen-bond donors (Lipinski definition) is 1. The van der Waals surface area contributed by atoms with Gasteiger partial charge in [-0.25, -0.2) is 4.79 Å². The Hall–Kier alpha value is -2.17. The molecule has 0 saturated carbocycles. The zero-order valence-corrected chi connectivity index (χ0v) is 21.5. The van der Waals surface area contributed by atoms with Crippen LogP contribution in [0.5, 0.6) is 0 Å². The number of methoxy groups -OCH3 is 1. The molecule has 2 aliphatic heterocycles. The highest BCUT2D eigenvalue weighted by Gasteiger charge is 2.35. The minimum atomic E-state index is -0.392. The average molecular weight is 518 g/mol. The number of fused-ring (bicyclic) bond motifs is 5. The summed E-state index contributed by atoms with van der Waals surface area (Å²) in [4.78, 5) is 40.8. The summed E-state index contributed by atoms with van der Waals surface area (Å²) >= 11 is 8.53. The van der Waals surface area contributed by atoms with E-state index in [-0.39, 0.29) is 23.1 Å². The van der Waals surface area contributed by atoms with Gasteiger partial charge in [0.2, 0.25) is 5.91 Å². The number of carbonyl (C=O) groups is 2. The van der Waals surface area contributed by atoms with Crippen LogP contribution in [0.3, 0.4) is 0 Å². The number of aryl methyl sites for hydroxylation is 1. The minimum Gasteiger partial charge on any atom is -0.465 e. The second-order valence-electron chi connectivity index (χ2n) is 9.11. The van der Waals surface area contributed by atoms with Crippen molar-refractivity contribution < 1.29 is 14.3 Å². The predicted molar refractivity (Wildman–Crippen MR) is 139 cm³/mol. The number of nitrogens with one attached hydrogen (secondary N) is 1. The molecule has 0 aromatic carbocycles. The van der Waals surface area contributed by atoms with E-state index in [1.54, 1.807) is 6.07 Å². The lowest BCUT2D eigenvalue weighted by Gasteiger charge is -2.43. The fourth-order valence-electron chi connectivity index (χ4n) is 5.40. The molecular formula is C24H27N3O4S3. The average Bonchev–Trinajstić information content (AvgIpc) is 3.20. The summed E-state index contributed by atoms with van der Waals surface area (Å²) in [5.41, 5.74) is 2.69. The van der Waals surface area contributed by atoms with Crippen molar-refractivity contribution in [2.24, 2.45) is 5.92 Å². The van der Waals surface area contributed by atoms with Crippen LogP contribution < -0.4 is 10.9 Å². The number of thioether (sulfide) groups is 1. The van der Waals surface area contributed by atoms with Gasteiger partial charge in [0, 0.05) is 42.2 Å². The molecule has 1 fully saturated rings. The van der Waals surface area contributed by atoms with Crippen LogP contribution in [0.4, 0.5) is 5.00 Å². The van der Waals surface area contributed by atoms with Gasteiger partial charge in [-0.2, -0.15) is 0 Å². The molecule has 10 heteroatoms. The highest BCUT2D eigenvalue weighted by molar-refractivity contribution is 8.23. The van der Waals surface area contributed by atoms with Crippen molar-refractivity contribution in [1.29, 1.82) is 0 Å². The second kappa shape index (κ2) is 9.83. The van der Waals surface area contributed by atoms with Gasteiger partial charge in [0.1, 0.15) is 9.32 Å². The molecule has 180 valence electrons. The van der Waals surface area contributed by atoms with Crippen molar-refractivity contribution in [3.05, 3.63) is 50.3 Å². The van der Waals surface area contributed by atoms with E-state index < -0.39 is 5.97 Å². The fraction of sp³-hybridized carbons (Fsp3) is 0.500. The number of thiophene rings is 1. The first-order valence-electron chi connectivity index (χ1n) is 11.6. The van der Waals surface area contributed by atoms with Crippen LogP contribution in [0.1, 0.15) is 51.7 Å². The summed E-state index contributed by atoms with van der Waals surface area (Å²) in [6, 6.07) is 5.49. The number of anilines is 1. The highest BCUT2D eigenvalue weighted by atomic mass is 32.2. The number of hydrogen-bond acceptors (Lipinski definition) is 7. The lowest BCUT2D eigenvalue weighted by atomic mass is 9.83. The number of carbonyl (C=O) groups excluding carboxylic acids is 2. The van der Waals surface area contributed by atoms with Crippen molar-refractivity contribution in [3.63, 3.8) is 0 Å². The number of nitrogens with zero attached hydrogens (tertiary/aromatic N) is 2. The van der Waals surface area contributed by atoms with Crippen LogP contribution in [0, 0.1) is 5.92 Å². The molecule has 2 aromatic rings. The van der Waals surface area contributed by atoms with E-state index in [1.807, 2.05) is 16.7 Å². The topological polar surface area (TPSA) is 80.6 Å². The molecule has 1 amide bonds. The number of piperidine rings is 1. The number of esters is 1. The Morgan fingerprint density at radius 3 is 2.88 bits per heavy atom. The van der Waals surface area contributed by atoms with Crippen molar-refractivity contribution in [1.82, 2.24) is 9.47 Å². The fourth-order valence-corrected chi connectivity index (χ4v) is 7.68. The van der Waals surface area contributed by atoms with Gasteiger partial charge >= 0.3 is 5.97 Å². The molecule has 2 atom stereocenters. The van der Waals surface area contributed by atoms with E-state index in [4.69, 9.17) is 17.0 Å². The van der Waals surface area contributed by atoms with E-state index >= 15 is 0 Å². The van der Waals surface area contributed by atoms with Crippen LogP contribution in [0.2, 0.25) is 0 Å². The summed E-state index contributed by atoms with van der Waals surface area (Å²) < 4.78 is 7.60. The number of ether oxygens (including phenoxy) is 1. The molecule has 0 spiro atoms. The van der Waals surface area contributed by atoms with Gasteiger partial charge in [0.15, 0.2) is 0 Å². The van der Waals surface area contributed by atoms with Crippen LogP contribution in [-0.4, -0.2) is 51.6 Å². The van der Waals surface area contributed by atoms with E-state index in [1.165, 1.54) is 35.1 Å². The van der Waals surface area contributed by atoms with E-state index in [9.17, 15) is 14.4 Å². The predicted octanol–water partition coefficient (Wildman–Crippen LogP) is 3.65. The minimum absolute atomic E-state index is 0.0656. The smallest absolute Gasteiger partial charge is 0.341 e. The summed E-state index contributed by atoms with van der Waals surface area (Å²) in [7, 11) is 1.37. The molecule has 7 nitrogen and oxygen atoms in total. The first-order chi connectivity index (χ1) is 16.4. The molecule has 1 aliphatic carbocycles. The number of pyridine rings is 1. The highest BCUT2D eigenvalue weighted by Crippen LogP contribution is 2.39. The largest absolute Gasteiger partial charge is 0.465 e. The lowest BCUT2D eigenvalue weighted by Crippen LogP contribution is -2.48. The van der Waals surface area contributed by atoms with Gasteiger partial charge in [-0.1, -0.05) is 30.0 Å². The first kappa shape index (κ1) is 23.6. The third-order valence-corrected chi connectivity index (χ3v) is 9.61. The summed E-state index contributed by atoms with van der Waals surface area (Å²) in [6.07, 6.45) is 4.99. The number of rotatable bonds is 4. The molecular weight excluding hydrogens is 490 g/mol. The number of likely N-dealkylation sites (tertiary alicyclic amines) is 1. The van der Waals surface area contributed by atoms with Crippen LogP contribution in [0.15, 0.2) is 23.0 Å². The molecule has 5 rings (SSSR count). The third kappa shape index (κ3) is 4.55. The van der Waals surface area contributed by atoms with Gasteiger partial charge < -0.3 is 19.5 Å². The maximum Gasteiger partial charge on any atom is 0.341 e. The van der Waals surface area contributed by atoms with Crippen LogP contribution >= 0.6 is 35.3 Å². The molecule has 34 heavy (non-hydrogen) atoms. The van der Waals surface area contributed by atoms with Crippen LogP contribution in [0.25, 0.3) is 0 Å². The summed E-state index contributed by atoms with van der Waals surface area (Å²) in [6.45, 7) is 2.28. The van der Waals surface area contributed by atoms with E-state index in [2.05, 4.69) is 10.2 Å². The zero-order chi connectivity index (χ0) is 23.8. The van der Waals surface area contributed by atoms with Gasteiger partial charge in [-0.15, -0.1) is 11.3 Å². The third-order valence-electron chi connectivity index (χ3n) is 6.88. The Labute approximate surface area is 211 Å². The van der Waals surface area contributed by atoms with Crippen LogP contribution in [-0.2, 0) is 28.9 Å². The molecule has 1 saturated heterocycles. The normalized spacial score (nSPS) is 20.8. The molecule has 3 aliphatic rings. The second-order valence-corrected chi connectivity index (χ2v) is 11.8. The Morgan fingerprint density at radius 1 is 1.24 bits per heavy atom. The molecule has 2 aromatic heterocycles. The SMILES string of the molecule is COC(=O)c1c(NC(=O)CSC(=S)N2C[C@H]3C[C@@H](C2)c2cccc(=O)n2C3)sc2c1CCCC2. The van der Waals surface area contributed by atoms with Gasteiger partial charge in [-0.05, 0) is 49.7 Å². The number of aromatic nitrogens is 1. The van der Waals surface area contributed by atoms with Crippen molar-refractivity contribution in [2.45, 2.75) is 44.6 Å². The van der Waals surface area contributed by atoms with Gasteiger partial charge in [0.25, 0.3) is 5.56 Å². The molecule has 0 radical (unpaired) electrons. The summed E-state index contributed by atoms with van der Waals surface area (Å²) in [5, 5.41) is 3.53. The van der Waals surface area contributed by atoms with E-state index in [0.717, 1.165) is 63.0 Å². The van der Waals surface area contributed by atoms with Gasteiger partial charge in [-0.3, -0.25) is 9.59 Å². The van der Waals surface area contributed by atoms with E-state index in [0.29, 0.717) is 20.8 Å². The Balaban J connectivity index is 1.22. The van der Waals surface area contributed by atoms with Crippen molar-refractivity contribution in [2.75, 3.05) is 31.3 Å². The molecule has 4 heterocycles. The van der Waals surface area contributed by atoms with Gasteiger partial charge in [0.05, 0.1) is 18.4 Å². The van der Waals surface area contributed by atoms with Crippen molar-refractivity contribution in [3.8, 4) is 0 Å². The number of thiocarbonyl (C=S) groups is 1.